The molecule has 0 atom stereocenters. The van der Waals surface area contributed by atoms with E-state index < -0.39 is 0 Å². The third kappa shape index (κ3) is 4.19. The fourth-order valence-electron chi connectivity index (χ4n) is 1.85. The maximum Gasteiger partial charge on any atom is 0.255 e. The van der Waals surface area contributed by atoms with Gasteiger partial charge in [-0.1, -0.05) is 24.3 Å². The zero-order valence-electron chi connectivity index (χ0n) is 11.7. The van der Waals surface area contributed by atoms with Gasteiger partial charge in [-0.05, 0) is 42.0 Å². The first-order valence-electron chi connectivity index (χ1n) is 6.53. The van der Waals surface area contributed by atoms with Gasteiger partial charge in [-0.15, -0.1) is 0 Å². The smallest absolute Gasteiger partial charge is 0.255 e. The molecule has 0 aliphatic rings. The first-order chi connectivity index (χ1) is 10.2. The standard InChI is InChI=1S/C17H16NO3/c1-21-16-9-7-14(8-10-16)17(20)18-15-6-2-4-13(12-15)5-3-11-19/h2-10,12H,11H2,1H3,(H,18,20). The first kappa shape index (κ1) is 14.8. The average molecular weight is 282 g/mol. The number of carbonyl (C=O) groups is 1. The number of nitrogens with one attached hydrogen (secondary N) is 1. The molecule has 1 amide bonds. The lowest BCUT2D eigenvalue weighted by Gasteiger charge is -2.07. The molecule has 0 aliphatic carbocycles. The molecule has 1 radical (unpaired) electrons. The highest BCUT2D eigenvalue weighted by molar-refractivity contribution is 6.04. The molecule has 2 aromatic rings. The van der Waals surface area contributed by atoms with Crippen molar-refractivity contribution in [2.75, 3.05) is 19.0 Å². The number of rotatable bonds is 5. The molecule has 2 aromatic carbocycles. The van der Waals surface area contributed by atoms with E-state index in [1.807, 2.05) is 18.2 Å². The van der Waals surface area contributed by atoms with Crippen molar-refractivity contribution < 1.29 is 14.6 Å². The molecular formula is C17H16NO3. The summed E-state index contributed by atoms with van der Waals surface area (Å²) in [6.07, 6.45) is 3.26. The van der Waals surface area contributed by atoms with Crippen LogP contribution in [0.1, 0.15) is 15.9 Å². The summed E-state index contributed by atoms with van der Waals surface area (Å²) < 4.78 is 5.06. The molecule has 0 spiro atoms. The van der Waals surface area contributed by atoms with Crippen molar-refractivity contribution >= 4 is 17.7 Å². The van der Waals surface area contributed by atoms with Gasteiger partial charge in [-0.2, -0.15) is 0 Å². The molecule has 107 valence electrons. The van der Waals surface area contributed by atoms with Crippen LogP contribution in [0.3, 0.4) is 0 Å². The van der Waals surface area contributed by atoms with Gasteiger partial charge in [0.15, 0.2) is 0 Å². The van der Waals surface area contributed by atoms with E-state index in [0.29, 0.717) is 17.0 Å². The molecule has 21 heavy (non-hydrogen) atoms. The van der Waals surface area contributed by atoms with Gasteiger partial charge in [-0.3, -0.25) is 4.79 Å². The molecule has 4 heteroatoms. The quantitative estimate of drug-likeness (QED) is 0.913. The van der Waals surface area contributed by atoms with Crippen molar-refractivity contribution in [3.63, 3.8) is 0 Å². The van der Waals surface area contributed by atoms with E-state index in [2.05, 4.69) is 5.32 Å². The molecule has 0 saturated carbocycles. The highest BCUT2D eigenvalue weighted by atomic mass is 16.5. The third-order valence-corrected chi connectivity index (χ3v) is 2.90. The lowest BCUT2D eigenvalue weighted by Crippen LogP contribution is -2.11. The summed E-state index contributed by atoms with van der Waals surface area (Å²) in [7, 11) is 1.58. The van der Waals surface area contributed by atoms with Crippen LogP contribution in [0.15, 0.2) is 54.6 Å². The van der Waals surface area contributed by atoms with Gasteiger partial charge in [0.05, 0.1) is 7.11 Å². The minimum atomic E-state index is -0.261. The molecule has 0 heterocycles. The Bertz CT molecular complexity index is 633. The Kier molecular flexibility index (Phi) is 5.12. The van der Waals surface area contributed by atoms with Gasteiger partial charge in [0.1, 0.15) is 12.4 Å². The largest absolute Gasteiger partial charge is 0.497 e. The van der Waals surface area contributed by atoms with E-state index in [1.165, 1.54) is 6.08 Å². The van der Waals surface area contributed by atoms with Crippen LogP contribution in [-0.4, -0.2) is 19.6 Å². The number of ether oxygens (including phenoxy) is 1. The minimum absolute atomic E-state index is 0.192. The van der Waals surface area contributed by atoms with Crippen LogP contribution < -0.4 is 10.1 Å². The SMILES string of the molecule is COc1ccc(C(=O)Nc2cccc(C=CC[O])c2)cc1. The van der Waals surface area contributed by atoms with Crippen LogP contribution in [0.5, 0.6) is 5.75 Å². The fraction of sp³-hybridized carbons (Fsp3) is 0.118. The zero-order valence-corrected chi connectivity index (χ0v) is 11.7. The van der Waals surface area contributed by atoms with Crippen molar-refractivity contribution in [3.8, 4) is 5.75 Å². The fourth-order valence-corrected chi connectivity index (χ4v) is 1.85. The summed E-state index contributed by atoms with van der Waals surface area (Å²) in [5.74, 6) is 0.513. The third-order valence-electron chi connectivity index (χ3n) is 2.90. The van der Waals surface area contributed by atoms with Crippen molar-refractivity contribution in [2.24, 2.45) is 0 Å². The second kappa shape index (κ2) is 7.26. The van der Waals surface area contributed by atoms with Crippen molar-refractivity contribution in [1.29, 1.82) is 0 Å². The Morgan fingerprint density at radius 2 is 1.95 bits per heavy atom. The van der Waals surface area contributed by atoms with Crippen molar-refractivity contribution in [2.45, 2.75) is 0 Å². The maximum atomic E-state index is 12.1. The molecular weight excluding hydrogens is 266 g/mol. The van der Waals surface area contributed by atoms with E-state index in [9.17, 15) is 9.90 Å². The van der Waals surface area contributed by atoms with Crippen LogP contribution in [0.2, 0.25) is 0 Å². The number of hydrogen-bond acceptors (Lipinski definition) is 2. The Hall–Kier alpha value is -2.59. The Labute approximate surface area is 123 Å². The Morgan fingerprint density at radius 1 is 1.19 bits per heavy atom. The summed E-state index contributed by atoms with van der Waals surface area (Å²) in [5, 5.41) is 13.3. The van der Waals surface area contributed by atoms with E-state index in [-0.39, 0.29) is 12.5 Å². The normalized spacial score (nSPS) is 10.6. The molecule has 1 N–H and O–H groups in total. The van der Waals surface area contributed by atoms with Crippen molar-refractivity contribution in [3.05, 3.63) is 65.7 Å². The number of anilines is 1. The number of methoxy groups -OCH3 is 1. The summed E-state index contributed by atoms with van der Waals surface area (Å²) in [6, 6.07) is 14.2. The highest BCUT2D eigenvalue weighted by Crippen LogP contribution is 2.15. The molecule has 0 fully saturated rings. The Balaban J connectivity index is 2.09. The highest BCUT2D eigenvalue weighted by Gasteiger charge is 2.06. The number of hydrogen-bond donors (Lipinski definition) is 1. The number of benzene rings is 2. The zero-order chi connectivity index (χ0) is 15.1. The van der Waals surface area contributed by atoms with Gasteiger partial charge >= 0.3 is 0 Å². The second-order valence-corrected chi connectivity index (χ2v) is 4.38. The predicted octanol–water partition coefficient (Wildman–Crippen LogP) is 3.39. The maximum absolute atomic E-state index is 12.1. The summed E-state index contributed by atoms with van der Waals surface area (Å²) in [5.41, 5.74) is 2.11. The molecule has 2 rings (SSSR count). The Morgan fingerprint density at radius 3 is 2.62 bits per heavy atom. The van der Waals surface area contributed by atoms with Crippen LogP contribution in [0.25, 0.3) is 6.08 Å². The molecule has 0 aliphatic heterocycles. The van der Waals surface area contributed by atoms with E-state index in [1.54, 1.807) is 43.5 Å². The molecule has 0 bridgehead atoms. The number of carbonyl (C=O) groups excluding carboxylic acids is 1. The van der Waals surface area contributed by atoms with Crippen LogP contribution in [0, 0.1) is 0 Å². The van der Waals surface area contributed by atoms with Gasteiger partial charge in [0.25, 0.3) is 5.91 Å². The van der Waals surface area contributed by atoms with Crippen molar-refractivity contribution in [1.82, 2.24) is 0 Å². The van der Waals surface area contributed by atoms with Crippen LogP contribution in [-0.2, 0) is 5.11 Å². The van der Waals surface area contributed by atoms with Gasteiger partial charge < -0.3 is 10.1 Å². The van der Waals surface area contributed by atoms with E-state index in [0.717, 1.165) is 5.56 Å². The minimum Gasteiger partial charge on any atom is -0.497 e. The topological polar surface area (TPSA) is 58.2 Å². The van der Waals surface area contributed by atoms with Gasteiger partial charge in [0, 0.05) is 11.3 Å². The summed E-state index contributed by atoms with van der Waals surface area (Å²) >= 11 is 0. The van der Waals surface area contributed by atoms with Crippen LogP contribution in [0.4, 0.5) is 5.69 Å². The molecule has 4 nitrogen and oxygen atoms in total. The summed E-state index contributed by atoms with van der Waals surface area (Å²) in [6.45, 7) is -0.261. The van der Waals surface area contributed by atoms with E-state index >= 15 is 0 Å². The monoisotopic (exact) mass is 282 g/mol. The molecule has 0 aromatic heterocycles. The van der Waals surface area contributed by atoms with Crippen LogP contribution >= 0.6 is 0 Å². The van der Waals surface area contributed by atoms with E-state index in [4.69, 9.17) is 4.74 Å². The predicted molar refractivity (Wildman–Crippen MR) is 82.0 cm³/mol. The lowest BCUT2D eigenvalue weighted by molar-refractivity contribution is 0.102. The second-order valence-electron chi connectivity index (χ2n) is 4.38. The molecule has 0 saturated heterocycles. The summed E-state index contributed by atoms with van der Waals surface area (Å²) in [4.78, 5) is 12.1. The van der Waals surface area contributed by atoms with Gasteiger partial charge in [-0.25, -0.2) is 5.11 Å². The van der Waals surface area contributed by atoms with Gasteiger partial charge in [0.2, 0.25) is 0 Å². The lowest BCUT2D eigenvalue weighted by atomic mass is 10.1. The molecule has 0 unspecified atom stereocenters. The number of amides is 1. The first-order valence-corrected chi connectivity index (χ1v) is 6.53. The average Bonchev–Trinajstić information content (AvgIpc) is 2.53.